The minimum atomic E-state index is 0.0188. The molecule has 30 heavy (non-hydrogen) atoms. The van der Waals surface area contributed by atoms with E-state index in [1.54, 1.807) is 6.07 Å². The molecular formula is C23H31N5O2. The number of fused-ring (bicyclic) bond motifs is 1. The molecule has 1 aliphatic carbocycles. The Morgan fingerprint density at radius 3 is 2.73 bits per heavy atom. The van der Waals surface area contributed by atoms with E-state index in [-0.39, 0.29) is 11.6 Å². The first-order valence-electron chi connectivity index (χ1n) is 11.2. The monoisotopic (exact) mass is 409 g/mol. The van der Waals surface area contributed by atoms with Gasteiger partial charge in [0, 0.05) is 23.9 Å². The summed E-state index contributed by atoms with van der Waals surface area (Å²) in [6, 6.07) is 9.97. The summed E-state index contributed by atoms with van der Waals surface area (Å²) in [6.07, 6.45) is 9.02. The van der Waals surface area contributed by atoms with Crippen LogP contribution in [-0.2, 0) is 6.42 Å². The lowest BCUT2D eigenvalue weighted by Gasteiger charge is -2.22. The maximum Gasteiger partial charge on any atom is 0.251 e. The minimum absolute atomic E-state index is 0.0188. The first kappa shape index (κ1) is 20.6. The fourth-order valence-electron chi connectivity index (χ4n) is 4.48. The van der Waals surface area contributed by atoms with E-state index < -0.39 is 0 Å². The number of aromatic nitrogens is 5. The van der Waals surface area contributed by atoms with Crippen LogP contribution >= 0.6 is 0 Å². The number of hydrogen-bond donors (Lipinski definition) is 0. The zero-order valence-electron chi connectivity index (χ0n) is 18.0. The standard InChI is InChI=1S/C23H31N5O2/c1-17(2)27-20-11-8-12-21(19(20)14-15-23(27)29)30-16-7-6-13-22-24-25-26-28(22)18-9-4-3-5-10-18/h8,11-12,14-15,17-18H,3-7,9-10,13,16H2,1-2H3. The molecule has 2 heterocycles. The van der Waals surface area contributed by atoms with Crippen LogP contribution in [0.25, 0.3) is 10.9 Å². The molecule has 160 valence electrons. The normalized spacial score (nSPS) is 15.2. The van der Waals surface area contributed by atoms with E-state index >= 15 is 0 Å². The second kappa shape index (κ2) is 9.41. The molecule has 1 aromatic carbocycles. The van der Waals surface area contributed by atoms with Gasteiger partial charge < -0.3 is 9.30 Å². The van der Waals surface area contributed by atoms with Gasteiger partial charge in [-0.3, -0.25) is 4.79 Å². The summed E-state index contributed by atoms with van der Waals surface area (Å²) in [5.74, 6) is 1.82. The molecule has 1 saturated carbocycles. The van der Waals surface area contributed by atoms with Crippen LogP contribution < -0.4 is 10.3 Å². The first-order valence-corrected chi connectivity index (χ1v) is 11.2. The number of nitrogens with zero attached hydrogens (tertiary/aromatic N) is 5. The Morgan fingerprint density at radius 1 is 1.10 bits per heavy atom. The molecular weight excluding hydrogens is 378 g/mol. The van der Waals surface area contributed by atoms with E-state index in [2.05, 4.69) is 20.2 Å². The third-order valence-electron chi connectivity index (χ3n) is 5.98. The van der Waals surface area contributed by atoms with Crippen molar-refractivity contribution in [3.8, 4) is 5.75 Å². The number of hydrogen-bond acceptors (Lipinski definition) is 5. The van der Waals surface area contributed by atoms with Crippen molar-refractivity contribution in [2.24, 2.45) is 0 Å². The molecule has 0 unspecified atom stereocenters. The fourth-order valence-corrected chi connectivity index (χ4v) is 4.48. The fraction of sp³-hybridized carbons (Fsp3) is 0.565. The van der Waals surface area contributed by atoms with Gasteiger partial charge in [0.2, 0.25) is 0 Å². The number of tetrazole rings is 1. The van der Waals surface area contributed by atoms with Crippen molar-refractivity contribution >= 4 is 10.9 Å². The van der Waals surface area contributed by atoms with Gasteiger partial charge in [-0.15, -0.1) is 5.10 Å². The number of aryl methyl sites for hydroxylation is 1. The van der Waals surface area contributed by atoms with Crippen LogP contribution in [0.2, 0.25) is 0 Å². The summed E-state index contributed by atoms with van der Waals surface area (Å²) in [5.41, 5.74) is 0.937. The largest absolute Gasteiger partial charge is 0.493 e. The van der Waals surface area contributed by atoms with Crippen LogP contribution in [-0.4, -0.2) is 31.4 Å². The molecule has 0 N–H and O–H groups in total. The zero-order valence-corrected chi connectivity index (χ0v) is 18.0. The van der Waals surface area contributed by atoms with Gasteiger partial charge in [-0.25, -0.2) is 4.68 Å². The number of benzene rings is 1. The van der Waals surface area contributed by atoms with Crippen LogP contribution in [0.1, 0.15) is 76.7 Å². The highest BCUT2D eigenvalue weighted by atomic mass is 16.5. The van der Waals surface area contributed by atoms with Gasteiger partial charge in [-0.2, -0.15) is 0 Å². The molecule has 0 atom stereocenters. The third kappa shape index (κ3) is 4.40. The molecule has 3 aromatic rings. The van der Waals surface area contributed by atoms with Crippen molar-refractivity contribution in [3.63, 3.8) is 0 Å². The van der Waals surface area contributed by atoms with E-state index in [1.807, 2.05) is 42.7 Å². The molecule has 0 amide bonds. The molecule has 0 spiro atoms. The van der Waals surface area contributed by atoms with Gasteiger partial charge in [0.15, 0.2) is 5.82 Å². The maximum atomic E-state index is 12.2. The van der Waals surface area contributed by atoms with Crippen LogP contribution in [0.15, 0.2) is 35.1 Å². The molecule has 0 radical (unpaired) electrons. The van der Waals surface area contributed by atoms with E-state index in [9.17, 15) is 4.79 Å². The highest BCUT2D eigenvalue weighted by Gasteiger charge is 2.19. The molecule has 0 aliphatic heterocycles. The van der Waals surface area contributed by atoms with E-state index in [4.69, 9.17) is 4.74 Å². The number of unbranched alkanes of at least 4 members (excludes halogenated alkanes) is 1. The van der Waals surface area contributed by atoms with Gasteiger partial charge in [0.1, 0.15) is 5.75 Å². The Balaban J connectivity index is 1.35. The van der Waals surface area contributed by atoms with Crippen molar-refractivity contribution in [2.75, 3.05) is 6.61 Å². The number of pyridine rings is 1. The Morgan fingerprint density at radius 2 is 1.93 bits per heavy atom. The minimum Gasteiger partial charge on any atom is -0.493 e. The smallest absolute Gasteiger partial charge is 0.251 e. The average molecular weight is 410 g/mol. The van der Waals surface area contributed by atoms with E-state index in [1.165, 1.54) is 32.1 Å². The molecule has 4 rings (SSSR count). The summed E-state index contributed by atoms with van der Waals surface area (Å²) in [7, 11) is 0. The van der Waals surface area contributed by atoms with Crippen LogP contribution in [0.4, 0.5) is 0 Å². The van der Waals surface area contributed by atoms with Crippen LogP contribution in [0, 0.1) is 0 Å². The first-order chi connectivity index (χ1) is 14.6. The molecule has 7 heteroatoms. The van der Waals surface area contributed by atoms with Crippen molar-refractivity contribution in [2.45, 2.75) is 77.3 Å². The Bertz CT molecular complexity index is 1030. The summed E-state index contributed by atoms with van der Waals surface area (Å²) in [4.78, 5) is 12.2. The Hall–Kier alpha value is -2.70. The van der Waals surface area contributed by atoms with Crippen LogP contribution in [0.3, 0.4) is 0 Å². The quantitative estimate of drug-likeness (QED) is 0.513. The molecule has 1 aliphatic rings. The van der Waals surface area contributed by atoms with Crippen molar-refractivity contribution in [3.05, 3.63) is 46.5 Å². The van der Waals surface area contributed by atoms with Crippen molar-refractivity contribution in [1.29, 1.82) is 0 Å². The molecule has 0 saturated heterocycles. The molecule has 2 aromatic heterocycles. The SMILES string of the molecule is CC(C)n1c(=O)ccc2c(OCCCCc3nnnn3C3CCCCC3)cccc21. The van der Waals surface area contributed by atoms with Crippen LogP contribution in [0.5, 0.6) is 5.75 Å². The zero-order chi connectivity index (χ0) is 20.9. The second-order valence-electron chi connectivity index (χ2n) is 8.46. The highest BCUT2D eigenvalue weighted by molar-refractivity contribution is 5.85. The Kier molecular flexibility index (Phi) is 6.45. The van der Waals surface area contributed by atoms with Gasteiger partial charge in [-0.1, -0.05) is 25.3 Å². The predicted octanol–water partition coefficient (Wildman–Crippen LogP) is 4.48. The lowest BCUT2D eigenvalue weighted by Crippen LogP contribution is -2.21. The highest BCUT2D eigenvalue weighted by Crippen LogP contribution is 2.28. The maximum absolute atomic E-state index is 12.2. The molecule has 7 nitrogen and oxygen atoms in total. The van der Waals surface area contributed by atoms with Gasteiger partial charge in [-0.05, 0) is 68.2 Å². The predicted molar refractivity (Wildman–Crippen MR) is 117 cm³/mol. The Labute approximate surface area is 177 Å². The van der Waals surface area contributed by atoms with E-state index in [0.717, 1.165) is 41.7 Å². The summed E-state index contributed by atoms with van der Waals surface area (Å²) < 4.78 is 9.95. The third-order valence-corrected chi connectivity index (χ3v) is 5.98. The van der Waals surface area contributed by atoms with Crippen molar-refractivity contribution < 1.29 is 4.74 Å². The van der Waals surface area contributed by atoms with Crippen molar-refractivity contribution in [1.82, 2.24) is 24.8 Å². The summed E-state index contributed by atoms with van der Waals surface area (Å²) >= 11 is 0. The average Bonchev–Trinajstić information content (AvgIpc) is 3.22. The van der Waals surface area contributed by atoms with Gasteiger partial charge >= 0.3 is 0 Å². The lowest BCUT2D eigenvalue weighted by atomic mass is 9.95. The summed E-state index contributed by atoms with van der Waals surface area (Å²) in [5, 5.41) is 13.4. The lowest BCUT2D eigenvalue weighted by molar-refractivity contribution is 0.303. The number of rotatable bonds is 8. The van der Waals surface area contributed by atoms with Gasteiger partial charge in [0.25, 0.3) is 5.56 Å². The molecule has 1 fully saturated rings. The van der Waals surface area contributed by atoms with E-state index in [0.29, 0.717) is 12.6 Å². The second-order valence-corrected chi connectivity index (χ2v) is 8.46. The van der Waals surface area contributed by atoms with Gasteiger partial charge in [0.05, 0.1) is 18.2 Å². The molecule has 0 bridgehead atoms. The number of ether oxygens (including phenoxy) is 1. The summed E-state index contributed by atoms with van der Waals surface area (Å²) in [6.45, 7) is 4.68. The topological polar surface area (TPSA) is 74.8 Å².